The number of carbonyl (C=O) groups excluding carboxylic acids is 1. The van der Waals surface area contributed by atoms with E-state index in [0.29, 0.717) is 18.2 Å². The van der Waals surface area contributed by atoms with Crippen LogP contribution >= 0.6 is 0 Å². The van der Waals surface area contributed by atoms with E-state index < -0.39 is 0 Å². The summed E-state index contributed by atoms with van der Waals surface area (Å²) in [5.74, 6) is 0.550. The minimum absolute atomic E-state index is 0.275. The van der Waals surface area contributed by atoms with E-state index in [9.17, 15) is 4.79 Å². The van der Waals surface area contributed by atoms with E-state index in [0.717, 1.165) is 18.8 Å². The number of rotatable bonds is 3. The Hall–Kier alpha value is -1.32. The van der Waals surface area contributed by atoms with Gasteiger partial charge in [-0.3, -0.25) is 4.68 Å². The molecule has 0 amide bonds. The Morgan fingerprint density at radius 2 is 2.18 bits per heavy atom. The molecule has 0 aromatic carbocycles. The predicted octanol–water partition coefficient (Wildman–Crippen LogP) is 2.81. The molecule has 0 aliphatic heterocycles. The average Bonchev–Trinajstić information content (AvgIpc) is 2.80. The highest BCUT2D eigenvalue weighted by atomic mass is 16.5. The molecule has 1 aliphatic carbocycles. The summed E-state index contributed by atoms with van der Waals surface area (Å²) in [6.45, 7) is 4.51. The Kier molecular flexibility index (Phi) is 3.82. The van der Waals surface area contributed by atoms with Crippen molar-refractivity contribution in [1.29, 1.82) is 0 Å². The van der Waals surface area contributed by atoms with Gasteiger partial charge in [0.05, 0.1) is 24.4 Å². The zero-order valence-electron chi connectivity index (χ0n) is 10.6. The third-order valence-corrected chi connectivity index (χ3v) is 3.47. The summed E-state index contributed by atoms with van der Waals surface area (Å²) in [7, 11) is 0. The zero-order chi connectivity index (χ0) is 12.3. The normalized spacial score (nSPS) is 24.6. The smallest absolute Gasteiger partial charge is 0.341 e. The van der Waals surface area contributed by atoms with Crippen molar-refractivity contribution >= 4 is 5.97 Å². The first kappa shape index (κ1) is 12.1. The maximum absolute atomic E-state index is 11.5. The van der Waals surface area contributed by atoms with Crippen molar-refractivity contribution < 1.29 is 9.53 Å². The van der Waals surface area contributed by atoms with Crippen LogP contribution in [0.3, 0.4) is 0 Å². The van der Waals surface area contributed by atoms with Crippen LogP contribution in [0.5, 0.6) is 0 Å². The number of ether oxygens (including phenoxy) is 1. The fraction of sp³-hybridized carbons (Fsp3) is 0.692. The van der Waals surface area contributed by atoms with Gasteiger partial charge in [-0.1, -0.05) is 6.92 Å². The van der Waals surface area contributed by atoms with E-state index in [4.69, 9.17) is 4.74 Å². The van der Waals surface area contributed by atoms with E-state index in [1.54, 1.807) is 6.20 Å². The SMILES string of the molecule is CCOC(=O)c1cnn([C@H]2CC[C@H](C)CC2)c1. The predicted molar refractivity (Wildman–Crippen MR) is 64.9 cm³/mol. The maximum atomic E-state index is 11.5. The van der Waals surface area contributed by atoms with Crippen LogP contribution in [-0.2, 0) is 4.74 Å². The third-order valence-electron chi connectivity index (χ3n) is 3.47. The molecule has 1 aromatic heterocycles. The van der Waals surface area contributed by atoms with Crippen LogP contribution in [0.1, 0.15) is 55.9 Å². The first-order valence-electron chi connectivity index (χ1n) is 6.42. The Morgan fingerprint density at radius 1 is 1.47 bits per heavy atom. The molecule has 1 aromatic rings. The maximum Gasteiger partial charge on any atom is 0.341 e. The minimum Gasteiger partial charge on any atom is -0.462 e. The summed E-state index contributed by atoms with van der Waals surface area (Å²) in [4.78, 5) is 11.5. The minimum atomic E-state index is -0.275. The number of hydrogen-bond donors (Lipinski definition) is 0. The second-order valence-electron chi connectivity index (χ2n) is 4.84. The molecule has 1 aliphatic rings. The molecular weight excluding hydrogens is 216 g/mol. The summed E-state index contributed by atoms with van der Waals surface area (Å²) in [6.07, 6.45) is 8.24. The van der Waals surface area contributed by atoms with Crippen molar-refractivity contribution in [2.24, 2.45) is 5.92 Å². The number of carbonyl (C=O) groups is 1. The Morgan fingerprint density at radius 3 is 2.82 bits per heavy atom. The van der Waals surface area contributed by atoms with E-state index in [1.165, 1.54) is 12.8 Å². The van der Waals surface area contributed by atoms with Gasteiger partial charge in [-0.15, -0.1) is 0 Å². The van der Waals surface area contributed by atoms with E-state index in [1.807, 2.05) is 17.8 Å². The van der Waals surface area contributed by atoms with Gasteiger partial charge < -0.3 is 4.74 Å². The van der Waals surface area contributed by atoms with Gasteiger partial charge in [-0.25, -0.2) is 4.79 Å². The van der Waals surface area contributed by atoms with Gasteiger partial charge in [0, 0.05) is 6.20 Å². The molecular formula is C13H20N2O2. The molecule has 0 N–H and O–H groups in total. The van der Waals surface area contributed by atoms with Gasteiger partial charge in [0.2, 0.25) is 0 Å². The van der Waals surface area contributed by atoms with E-state index in [-0.39, 0.29) is 5.97 Å². The molecule has 4 heteroatoms. The molecule has 94 valence electrons. The Labute approximate surface area is 102 Å². The molecule has 1 saturated carbocycles. The van der Waals surface area contributed by atoms with Crippen LogP contribution in [0.2, 0.25) is 0 Å². The van der Waals surface area contributed by atoms with Crippen LogP contribution < -0.4 is 0 Å². The molecule has 4 nitrogen and oxygen atoms in total. The summed E-state index contributed by atoms with van der Waals surface area (Å²) in [6, 6.07) is 0.453. The molecule has 2 rings (SSSR count). The van der Waals surface area contributed by atoms with Crippen LogP contribution in [-0.4, -0.2) is 22.4 Å². The lowest BCUT2D eigenvalue weighted by atomic mass is 9.87. The van der Waals surface area contributed by atoms with Gasteiger partial charge in [0.25, 0.3) is 0 Å². The molecule has 0 atom stereocenters. The van der Waals surface area contributed by atoms with Gasteiger partial charge >= 0.3 is 5.97 Å². The van der Waals surface area contributed by atoms with E-state index >= 15 is 0 Å². The van der Waals surface area contributed by atoms with Crippen molar-refractivity contribution in [3.8, 4) is 0 Å². The number of aromatic nitrogens is 2. The highest BCUT2D eigenvalue weighted by Crippen LogP contribution is 2.31. The molecule has 0 radical (unpaired) electrons. The highest BCUT2D eigenvalue weighted by Gasteiger charge is 2.21. The fourth-order valence-corrected chi connectivity index (χ4v) is 2.36. The quantitative estimate of drug-likeness (QED) is 0.758. The highest BCUT2D eigenvalue weighted by molar-refractivity contribution is 5.88. The van der Waals surface area contributed by atoms with E-state index in [2.05, 4.69) is 12.0 Å². The molecule has 1 heterocycles. The lowest BCUT2D eigenvalue weighted by molar-refractivity contribution is 0.0526. The first-order valence-corrected chi connectivity index (χ1v) is 6.42. The number of esters is 1. The summed E-state index contributed by atoms with van der Waals surface area (Å²) in [5, 5.41) is 4.28. The lowest BCUT2D eigenvalue weighted by Crippen LogP contribution is -2.17. The number of nitrogens with zero attached hydrogens (tertiary/aromatic N) is 2. The standard InChI is InChI=1S/C13H20N2O2/c1-3-17-13(16)11-8-14-15(9-11)12-6-4-10(2)5-7-12/h8-10,12H,3-7H2,1-2H3/t10-,12-. The second kappa shape index (κ2) is 5.34. The topological polar surface area (TPSA) is 44.1 Å². The largest absolute Gasteiger partial charge is 0.462 e. The zero-order valence-corrected chi connectivity index (χ0v) is 10.6. The molecule has 0 spiro atoms. The Balaban J connectivity index is 2.00. The third kappa shape index (κ3) is 2.87. The van der Waals surface area contributed by atoms with Gasteiger partial charge in [0.15, 0.2) is 0 Å². The van der Waals surface area contributed by atoms with Crippen molar-refractivity contribution in [3.63, 3.8) is 0 Å². The summed E-state index contributed by atoms with van der Waals surface area (Å²) < 4.78 is 6.88. The molecule has 0 bridgehead atoms. The van der Waals surface area contributed by atoms with Gasteiger partial charge in [0.1, 0.15) is 0 Å². The lowest BCUT2D eigenvalue weighted by Gasteiger charge is -2.26. The van der Waals surface area contributed by atoms with Crippen LogP contribution in [0, 0.1) is 5.92 Å². The fourth-order valence-electron chi connectivity index (χ4n) is 2.36. The number of hydrogen-bond acceptors (Lipinski definition) is 3. The molecule has 17 heavy (non-hydrogen) atoms. The summed E-state index contributed by atoms with van der Waals surface area (Å²) in [5.41, 5.74) is 0.561. The van der Waals surface area contributed by atoms with Crippen LogP contribution in [0.4, 0.5) is 0 Å². The first-order chi connectivity index (χ1) is 8.20. The van der Waals surface area contributed by atoms with Crippen molar-refractivity contribution in [1.82, 2.24) is 9.78 Å². The molecule has 0 unspecified atom stereocenters. The monoisotopic (exact) mass is 236 g/mol. The molecule has 0 saturated heterocycles. The van der Waals surface area contributed by atoms with Gasteiger partial charge in [-0.2, -0.15) is 5.10 Å². The molecule has 1 fully saturated rings. The summed E-state index contributed by atoms with van der Waals surface area (Å²) >= 11 is 0. The van der Waals surface area contributed by atoms with Crippen molar-refractivity contribution in [2.75, 3.05) is 6.61 Å². The van der Waals surface area contributed by atoms with Crippen LogP contribution in [0.15, 0.2) is 12.4 Å². The van der Waals surface area contributed by atoms with Gasteiger partial charge in [-0.05, 0) is 38.5 Å². The van der Waals surface area contributed by atoms with Crippen LogP contribution in [0.25, 0.3) is 0 Å². The second-order valence-corrected chi connectivity index (χ2v) is 4.84. The Bertz CT molecular complexity index is 379. The van der Waals surface area contributed by atoms with Crippen molar-refractivity contribution in [3.05, 3.63) is 18.0 Å². The average molecular weight is 236 g/mol. The van der Waals surface area contributed by atoms with Crippen molar-refractivity contribution in [2.45, 2.75) is 45.6 Å².